The van der Waals surface area contributed by atoms with E-state index < -0.39 is 0 Å². The summed E-state index contributed by atoms with van der Waals surface area (Å²) in [6.45, 7) is 7.13. The molecule has 1 N–H and O–H groups in total. The number of thiophene rings is 1. The van der Waals surface area contributed by atoms with Crippen LogP contribution in [0.3, 0.4) is 0 Å². The second-order valence-corrected chi connectivity index (χ2v) is 10.8. The Morgan fingerprint density at radius 1 is 1.21 bits per heavy atom. The molecule has 2 aliphatic rings. The number of carbonyl (C=O) groups is 2. The van der Waals surface area contributed by atoms with E-state index in [0.717, 1.165) is 47.9 Å². The van der Waals surface area contributed by atoms with Crippen molar-refractivity contribution < 1.29 is 9.59 Å². The second kappa shape index (κ2) is 9.37. The quantitative estimate of drug-likeness (QED) is 0.557. The number of rotatable bonds is 5. The molecule has 2 atom stereocenters. The number of benzene rings is 1. The van der Waals surface area contributed by atoms with E-state index in [2.05, 4.69) is 17.1 Å². The van der Waals surface area contributed by atoms with Gasteiger partial charge in [-0.05, 0) is 43.5 Å². The molecule has 33 heavy (non-hydrogen) atoms. The van der Waals surface area contributed by atoms with E-state index >= 15 is 0 Å². The summed E-state index contributed by atoms with van der Waals surface area (Å²) in [5.41, 5.74) is 3.08. The molecule has 0 saturated carbocycles. The minimum atomic E-state index is -0.337. The number of hydrogen-bond donors (Lipinski definition) is 1. The molecule has 172 valence electrons. The molecule has 0 radical (unpaired) electrons. The van der Waals surface area contributed by atoms with Crippen LogP contribution in [0, 0.1) is 12.8 Å². The standard InChI is InChI=1S/C25H28N4O2S2/c1-3-28-13-12-19-21(15-28)33-25(26-19)27-24(31)18-10-11-22(30)29(17-8-6-16(2)7-9-17)23(18)20-5-4-14-32-20/h4-9,14,18,23H,3,10-13,15H2,1-2H3,(H,26,27,31). The molecule has 0 spiro atoms. The lowest BCUT2D eigenvalue weighted by molar-refractivity contribution is -0.125. The lowest BCUT2D eigenvalue weighted by atomic mass is 9.86. The molecule has 0 bridgehead atoms. The fraction of sp³-hybridized carbons (Fsp3) is 0.400. The maximum Gasteiger partial charge on any atom is 0.231 e. The summed E-state index contributed by atoms with van der Waals surface area (Å²) in [6.07, 6.45) is 1.81. The van der Waals surface area contributed by atoms with Crippen LogP contribution >= 0.6 is 22.7 Å². The Bertz CT molecular complexity index is 1140. The maximum atomic E-state index is 13.6. The van der Waals surface area contributed by atoms with Crippen LogP contribution in [0.4, 0.5) is 10.8 Å². The lowest BCUT2D eigenvalue weighted by Gasteiger charge is -2.40. The number of nitrogens with one attached hydrogen (secondary N) is 1. The van der Waals surface area contributed by atoms with E-state index in [4.69, 9.17) is 4.98 Å². The molecule has 8 heteroatoms. The van der Waals surface area contributed by atoms with Gasteiger partial charge in [-0.3, -0.25) is 14.5 Å². The SMILES string of the molecule is CCN1CCc2nc(NC(=O)C3CCC(=O)N(c4ccc(C)cc4)C3c3cccs3)sc2C1. The zero-order valence-electron chi connectivity index (χ0n) is 18.9. The minimum Gasteiger partial charge on any atom is -0.303 e. The van der Waals surface area contributed by atoms with E-state index in [1.165, 1.54) is 4.88 Å². The Labute approximate surface area is 202 Å². The highest BCUT2D eigenvalue weighted by Crippen LogP contribution is 2.42. The summed E-state index contributed by atoms with van der Waals surface area (Å²) in [5.74, 6) is -0.335. The predicted octanol–water partition coefficient (Wildman–Crippen LogP) is 5.01. The van der Waals surface area contributed by atoms with Gasteiger partial charge >= 0.3 is 0 Å². The van der Waals surface area contributed by atoms with Crippen LogP contribution in [0.5, 0.6) is 0 Å². The number of hydrogen-bond acceptors (Lipinski definition) is 6. The van der Waals surface area contributed by atoms with Crippen molar-refractivity contribution in [3.05, 3.63) is 62.8 Å². The number of anilines is 2. The van der Waals surface area contributed by atoms with Gasteiger partial charge in [-0.2, -0.15) is 0 Å². The first-order chi connectivity index (χ1) is 16.0. The highest BCUT2D eigenvalue weighted by Gasteiger charge is 2.42. The highest BCUT2D eigenvalue weighted by molar-refractivity contribution is 7.15. The molecule has 3 aromatic rings. The van der Waals surface area contributed by atoms with Gasteiger partial charge in [0.2, 0.25) is 11.8 Å². The molecular weight excluding hydrogens is 452 g/mol. The van der Waals surface area contributed by atoms with Gasteiger partial charge in [0, 0.05) is 41.4 Å². The predicted molar refractivity (Wildman–Crippen MR) is 134 cm³/mol. The second-order valence-electron chi connectivity index (χ2n) is 8.70. The fourth-order valence-electron chi connectivity index (χ4n) is 4.73. The van der Waals surface area contributed by atoms with Crippen LogP contribution < -0.4 is 10.2 Å². The first kappa shape index (κ1) is 22.3. The summed E-state index contributed by atoms with van der Waals surface area (Å²) in [6, 6.07) is 11.7. The van der Waals surface area contributed by atoms with Crippen LogP contribution in [-0.2, 0) is 22.6 Å². The van der Waals surface area contributed by atoms with Crippen molar-refractivity contribution >= 4 is 45.3 Å². The third-order valence-electron chi connectivity index (χ3n) is 6.57. The number of piperidine rings is 1. The average molecular weight is 481 g/mol. The summed E-state index contributed by atoms with van der Waals surface area (Å²) < 4.78 is 0. The molecule has 2 aromatic heterocycles. The van der Waals surface area contributed by atoms with Crippen molar-refractivity contribution in [2.24, 2.45) is 5.92 Å². The van der Waals surface area contributed by atoms with E-state index in [1.54, 1.807) is 22.7 Å². The Morgan fingerprint density at radius 3 is 2.76 bits per heavy atom. The fourth-order valence-corrected chi connectivity index (χ4v) is 6.67. The summed E-state index contributed by atoms with van der Waals surface area (Å²) in [4.78, 5) is 37.9. The van der Waals surface area contributed by atoms with Crippen molar-refractivity contribution in [3.8, 4) is 0 Å². The van der Waals surface area contributed by atoms with Crippen LogP contribution in [0.25, 0.3) is 0 Å². The maximum absolute atomic E-state index is 13.6. The molecule has 2 unspecified atom stereocenters. The molecule has 4 heterocycles. The number of thiazole rings is 1. The van der Waals surface area contributed by atoms with E-state index in [9.17, 15) is 9.59 Å². The van der Waals surface area contributed by atoms with E-state index in [-0.39, 0.29) is 23.8 Å². The molecule has 6 nitrogen and oxygen atoms in total. The summed E-state index contributed by atoms with van der Waals surface area (Å²) >= 11 is 3.18. The van der Waals surface area contributed by atoms with Crippen LogP contribution in [0.2, 0.25) is 0 Å². The van der Waals surface area contributed by atoms with Crippen LogP contribution in [0.15, 0.2) is 41.8 Å². The zero-order chi connectivity index (χ0) is 22.9. The minimum absolute atomic E-state index is 0.0588. The zero-order valence-corrected chi connectivity index (χ0v) is 20.5. The molecule has 1 fully saturated rings. The number of likely N-dealkylation sites (N-methyl/N-ethyl adjacent to an activating group) is 1. The van der Waals surface area contributed by atoms with Gasteiger partial charge in [0.15, 0.2) is 5.13 Å². The van der Waals surface area contributed by atoms with Crippen molar-refractivity contribution in [2.45, 2.75) is 45.7 Å². The van der Waals surface area contributed by atoms with E-state index in [0.29, 0.717) is 18.0 Å². The number of aryl methyl sites for hydroxylation is 1. The largest absolute Gasteiger partial charge is 0.303 e. The van der Waals surface area contributed by atoms with Gasteiger partial charge < -0.3 is 10.2 Å². The Kier molecular flexibility index (Phi) is 6.32. The van der Waals surface area contributed by atoms with Crippen LogP contribution in [-0.4, -0.2) is 34.8 Å². The smallest absolute Gasteiger partial charge is 0.231 e. The number of fused-ring (bicyclic) bond motifs is 1. The molecule has 0 aliphatic carbocycles. The normalized spacial score (nSPS) is 21.2. The summed E-state index contributed by atoms with van der Waals surface area (Å²) in [7, 11) is 0. The first-order valence-corrected chi connectivity index (χ1v) is 13.2. The third-order valence-corrected chi connectivity index (χ3v) is 8.51. The van der Waals surface area contributed by atoms with Crippen molar-refractivity contribution in [3.63, 3.8) is 0 Å². The van der Waals surface area contributed by atoms with Gasteiger partial charge in [-0.25, -0.2) is 4.98 Å². The molecule has 5 rings (SSSR count). The third kappa shape index (κ3) is 4.47. The molecule has 2 amide bonds. The average Bonchev–Trinajstić information content (AvgIpc) is 3.48. The monoisotopic (exact) mass is 480 g/mol. The molecular formula is C25H28N4O2S2. The lowest BCUT2D eigenvalue weighted by Crippen LogP contribution is -2.46. The first-order valence-electron chi connectivity index (χ1n) is 11.5. The number of amides is 2. The molecule has 1 saturated heterocycles. The highest BCUT2D eigenvalue weighted by atomic mass is 32.1. The van der Waals surface area contributed by atoms with Crippen molar-refractivity contribution in [1.29, 1.82) is 0 Å². The Morgan fingerprint density at radius 2 is 2.03 bits per heavy atom. The van der Waals surface area contributed by atoms with Gasteiger partial charge in [-0.15, -0.1) is 22.7 Å². The molecule has 2 aliphatic heterocycles. The Hall–Kier alpha value is -2.55. The number of nitrogens with zero attached hydrogens (tertiary/aromatic N) is 3. The van der Waals surface area contributed by atoms with Gasteiger partial charge in [0.05, 0.1) is 17.7 Å². The van der Waals surface area contributed by atoms with Crippen LogP contribution in [0.1, 0.15) is 46.8 Å². The van der Waals surface area contributed by atoms with Crippen molar-refractivity contribution in [1.82, 2.24) is 9.88 Å². The topological polar surface area (TPSA) is 65.5 Å². The molecule has 1 aromatic carbocycles. The van der Waals surface area contributed by atoms with E-state index in [1.807, 2.05) is 53.6 Å². The van der Waals surface area contributed by atoms with Gasteiger partial charge in [0.25, 0.3) is 0 Å². The van der Waals surface area contributed by atoms with Gasteiger partial charge in [-0.1, -0.05) is 30.7 Å². The summed E-state index contributed by atoms with van der Waals surface area (Å²) in [5, 5.41) is 5.78. The van der Waals surface area contributed by atoms with Gasteiger partial charge in [0.1, 0.15) is 0 Å². The Balaban J connectivity index is 1.43. The van der Waals surface area contributed by atoms with Crippen molar-refractivity contribution in [2.75, 3.05) is 23.3 Å². The number of carbonyl (C=O) groups excluding carboxylic acids is 2. The number of aromatic nitrogens is 1.